The van der Waals surface area contributed by atoms with Crippen molar-refractivity contribution in [3.05, 3.63) is 30.2 Å². The van der Waals surface area contributed by atoms with E-state index in [9.17, 15) is 4.79 Å². The van der Waals surface area contributed by atoms with Crippen molar-refractivity contribution in [2.75, 3.05) is 19.7 Å². The Hall–Kier alpha value is -1.95. The highest BCUT2D eigenvalue weighted by atomic mass is 16.5. The van der Waals surface area contributed by atoms with E-state index in [1.165, 1.54) is 0 Å². The van der Waals surface area contributed by atoms with Crippen molar-refractivity contribution in [3.8, 4) is 0 Å². The Morgan fingerprint density at radius 2 is 2.14 bits per heavy atom. The monoisotopic (exact) mass is 300 g/mol. The zero-order chi connectivity index (χ0) is 15.0. The van der Waals surface area contributed by atoms with Crippen LogP contribution in [0.4, 0.5) is 0 Å². The zero-order valence-corrected chi connectivity index (χ0v) is 12.6. The summed E-state index contributed by atoms with van der Waals surface area (Å²) in [6.07, 6.45) is 8.78. The summed E-state index contributed by atoms with van der Waals surface area (Å²) in [5, 5.41) is 4.34. The molecule has 1 spiro atoms. The first kappa shape index (κ1) is 13.7. The maximum atomic E-state index is 12.7. The van der Waals surface area contributed by atoms with Gasteiger partial charge < -0.3 is 9.64 Å². The van der Waals surface area contributed by atoms with Crippen LogP contribution in [0.3, 0.4) is 0 Å². The minimum absolute atomic E-state index is 0.000506. The van der Waals surface area contributed by atoms with Crippen LogP contribution < -0.4 is 0 Å². The van der Waals surface area contributed by atoms with Gasteiger partial charge >= 0.3 is 0 Å². The molecular weight excluding hydrogens is 280 g/mol. The number of carbonyl (C=O) groups excluding carboxylic acids is 1. The van der Waals surface area contributed by atoms with Crippen LogP contribution in [-0.4, -0.2) is 50.7 Å². The Labute approximate surface area is 129 Å². The predicted octanol–water partition coefficient (Wildman–Crippen LogP) is 1.90. The van der Waals surface area contributed by atoms with Crippen LogP contribution in [0.25, 0.3) is 5.65 Å². The highest BCUT2D eigenvalue weighted by Crippen LogP contribution is 2.35. The van der Waals surface area contributed by atoms with Gasteiger partial charge in [0.05, 0.1) is 5.60 Å². The fourth-order valence-electron chi connectivity index (χ4n) is 3.62. The second-order valence-electron chi connectivity index (χ2n) is 6.23. The number of hydrogen-bond donors (Lipinski definition) is 0. The smallest absolute Gasteiger partial charge is 0.274 e. The average molecular weight is 300 g/mol. The van der Waals surface area contributed by atoms with E-state index in [0.717, 1.165) is 51.8 Å². The Balaban J connectivity index is 1.52. The Kier molecular flexibility index (Phi) is 3.33. The molecule has 0 saturated carbocycles. The molecule has 0 radical (unpaired) electrons. The zero-order valence-electron chi connectivity index (χ0n) is 12.6. The summed E-state index contributed by atoms with van der Waals surface area (Å²) >= 11 is 0. The van der Waals surface area contributed by atoms with Crippen LogP contribution in [0, 0.1) is 0 Å². The van der Waals surface area contributed by atoms with Crippen LogP contribution in [0.1, 0.15) is 42.6 Å². The minimum atomic E-state index is 0.000506. The topological polar surface area (TPSA) is 59.7 Å². The molecular formula is C16H20N4O2. The Morgan fingerprint density at radius 3 is 2.95 bits per heavy atom. The van der Waals surface area contributed by atoms with E-state index in [0.29, 0.717) is 11.3 Å². The number of ether oxygens (including phenoxy) is 1. The molecule has 2 saturated heterocycles. The minimum Gasteiger partial charge on any atom is -0.375 e. The van der Waals surface area contributed by atoms with E-state index < -0.39 is 0 Å². The number of fused-ring (bicyclic) bond motifs is 1. The van der Waals surface area contributed by atoms with Gasteiger partial charge in [0.25, 0.3) is 5.91 Å². The third-order valence-corrected chi connectivity index (χ3v) is 4.83. The summed E-state index contributed by atoms with van der Waals surface area (Å²) < 4.78 is 7.62. The first-order chi connectivity index (χ1) is 10.8. The number of likely N-dealkylation sites (tertiary alicyclic amines) is 1. The van der Waals surface area contributed by atoms with E-state index in [-0.39, 0.29) is 11.5 Å². The predicted molar refractivity (Wildman–Crippen MR) is 80.7 cm³/mol. The van der Waals surface area contributed by atoms with Gasteiger partial charge in [-0.05, 0) is 38.2 Å². The van der Waals surface area contributed by atoms with Crippen LogP contribution in [-0.2, 0) is 4.74 Å². The van der Waals surface area contributed by atoms with Crippen LogP contribution in [0.2, 0.25) is 0 Å². The maximum Gasteiger partial charge on any atom is 0.274 e. The van der Waals surface area contributed by atoms with E-state index in [2.05, 4.69) is 10.1 Å². The molecule has 6 heteroatoms. The lowest BCUT2D eigenvalue weighted by Crippen LogP contribution is -2.34. The number of hydrogen-bond acceptors (Lipinski definition) is 4. The van der Waals surface area contributed by atoms with Crippen LogP contribution in [0.5, 0.6) is 0 Å². The molecule has 2 aliphatic rings. The molecule has 2 fully saturated rings. The van der Waals surface area contributed by atoms with Gasteiger partial charge in [-0.1, -0.05) is 0 Å². The summed E-state index contributed by atoms with van der Waals surface area (Å²) in [5.41, 5.74) is 1.20. The van der Waals surface area contributed by atoms with Gasteiger partial charge in [0, 0.05) is 38.2 Å². The normalized spacial score (nSPS) is 25.7. The second kappa shape index (κ2) is 5.35. The van der Waals surface area contributed by atoms with E-state index >= 15 is 0 Å². The highest BCUT2D eigenvalue weighted by Gasteiger charge is 2.37. The molecule has 0 N–H and O–H groups in total. The molecule has 1 atom stereocenters. The van der Waals surface area contributed by atoms with E-state index in [4.69, 9.17) is 4.74 Å². The van der Waals surface area contributed by atoms with Crippen molar-refractivity contribution in [1.29, 1.82) is 0 Å². The number of rotatable bonds is 1. The quantitative estimate of drug-likeness (QED) is 0.807. The Bertz CT molecular complexity index is 657. The second-order valence-corrected chi connectivity index (χ2v) is 6.23. The molecule has 0 aliphatic carbocycles. The van der Waals surface area contributed by atoms with E-state index in [1.807, 2.05) is 11.1 Å². The van der Waals surface area contributed by atoms with Crippen molar-refractivity contribution in [2.24, 2.45) is 0 Å². The van der Waals surface area contributed by atoms with Crippen molar-refractivity contribution in [2.45, 2.75) is 37.7 Å². The number of amides is 1. The third-order valence-electron chi connectivity index (χ3n) is 4.83. The lowest BCUT2D eigenvalue weighted by atomic mass is 9.92. The summed E-state index contributed by atoms with van der Waals surface area (Å²) in [6, 6.07) is 3.57. The summed E-state index contributed by atoms with van der Waals surface area (Å²) in [4.78, 5) is 18.8. The van der Waals surface area contributed by atoms with Gasteiger partial charge in [-0.2, -0.15) is 5.10 Å². The Morgan fingerprint density at radius 1 is 1.23 bits per heavy atom. The third kappa shape index (κ3) is 2.37. The summed E-state index contributed by atoms with van der Waals surface area (Å²) in [5.74, 6) is 0.000506. The van der Waals surface area contributed by atoms with Crippen molar-refractivity contribution in [1.82, 2.24) is 19.5 Å². The van der Waals surface area contributed by atoms with Crippen LogP contribution in [0.15, 0.2) is 24.5 Å². The molecule has 116 valence electrons. The number of carbonyl (C=O) groups is 1. The van der Waals surface area contributed by atoms with Crippen molar-refractivity contribution >= 4 is 11.6 Å². The van der Waals surface area contributed by atoms with Gasteiger partial charge in [0.1, 0.15) is 0 Å². The molecule has 22 heavy (non-hydrogen) atoms. The molecule has 0 bridgehead atoms. The highest BCUT2D eigenvalue weighted by molar-refractivity contribution is 5.93. The molecule has 1 amide bonds. The molecule has 2 aromatic heterocycles. The lowest BCUT2D eigenvalue weighted by Gasteiger charge is -2.26. The molecule has 2 aliphatic heterocycles. The first-order valence-corrected chi connectivity index (χ1v) is 7.99. The maximum absolute atomic E-state index is 12.7. The number of aromatic nitrogens is 3. The number of nitrogens with zero attached hydrogens (tertiary/aromatic N) is 4. The lowest BCUT2D eigenvalue weighted by molar-refractivity contribution is -0.00693. The van der Waals surface area contributed by atoms with Gasteiger partial charge in [-0.25, -0.2) is 9.50 Å². The fraction of sp³-hybridized carbons (Fsp3) is 0.562. The molecule has 1 unspecified atom stereocenters. The molecule has 6 nitrogen and oxygen atoms in total. The molecule has 2 aromatic rings. The molecule has 0 aromatic carbocycles. The molecule has 4 rings (SSSR count). The molecule has 4 heterocycles. The van der Waals surface area contributed by atoms with Crippen molar-refractivity contribution in [3.63, 3.8) is 0 Å². The average Bonchev–Trinajstić information content (AvgIpc) is 3.11. The first-order valence-electron chi connectivity index (χ1n) is 7.99. The van der Waals surface area contributed by atoms with Crippen LogP contribution >= 0.6 is 0 Å². The fourth-order valence-corrected chi connectivity index (χ4v) is 3.62. The summed E-state index contributed by atoms with van der Waals surface area (Å²) in [6.45, 7) is 2.40. The van der Waals surface area contributed by atoms with E-state index in [1.54, 1.807) is 22.8 Å². The van der Waals surface area contributed by atoms with Gasteiger partial charge in [-0.3, -0.25) is 4.79 Å². The standard InChI is InChI=1S/C16H20N4O2/c21-15(13-12-14-17-7-3-9-20(14)18-13)19-8-1-4-16(6-10-19)5-2-11-22-16/h3,7,9,12H,1-2,4-6,8,10-11H2. The summed E-state index contributed by atoms with van der Waals surface area (Å²) in [7, 11) is 0. The van der Waals surface area contributed by atoms with Gasteiger partial charge in [0.15, 0.2) is 11.3 Å². The SMILES string of the molecule is O=C(c1cc2ncccn2n1)N1CCCC2(CCCO2)CC1. The largest absolute Gasteiger partial charge is 0.375 e. The van der Waals surface area contributed by atoms with Gasteiger partial charge in [-0.15, -0.1) is 0 Å². The van der Waals surface area contributed by atoms with Gasteiger partial charge in [0.2, 0.25) is 0 Å². The van der Waals surface area contributed by atoms with Crippen molar-refractivity contribution < 1.29 is 9.53 Å².